The molecular weight excluding hydrogens is 473 g/mol. The first-order chi connectivity index (χ1) is 12.6. The molecule has 7 heteroatoms. The summed E-state index contributed by atoms with van der Waals surface area (Å²) in [6, 6.07) is 16.9. The van der Waals surface area contributed by atoms with E-state index in [-0.39, 0.29) is 29.7 Å². The monoisotopic (exact) mass is 501 g/mol. The summed E-state index contributed by atoms with van der Waals surface area (Å²) in [5.41, 5.74) is 2.55. The van der Waals surface area contributed by atoms with Crippen molar-refractivity contribution in [2.75, 3.05) is 19.3 Å². The lowest BCUT2D eigenvalue weighted by Crippen LogP contribution is -2.37. The number of aliphatic imine (C=N–C) groups is 1. The molecule has 0 aliphatic heterocycles. The Hall–Kier alpha value is -1.61. The summed E-state index contributed by atoms with van der Waals surface area (Å²) in [5, 5.41) is 6.45. The second kappa shape index (κ2) is 12.0. The van der Waals surface area contributed by atoms with E-state index in [0.29, 0.717) is 30.4 Å². The molecule has 0 radical (unpaired) electrons. The van der Waals surface area contributed by atoms with Crippen LogP contribution >= 0.6 is 24.0 Å². The molecule has 0 aliphatic rings. The van der Waals surface area contributed by atoms with Crippen molar-refractivity contribution in [3.63, 3.8) is 0 Å². The van der Waals surface area contributed by atoms with Gasteiger partial charge in [0.15, 0.2) is 15.8 Å². The van der Waals surface area contributed by atoms with E-state index in [9.17, 15) is 8.42 Å². The number of sulfone groups is 1. The number of benzene rings is 2. The molecule has 0 saturated heterocycles. The predicted molar refractivity (Wildman–Crippen MR) is 123 cm³/mol. The third-order valence-electron chi connectivity index (χ3n) is 4.15. The molecule has 5 nitrogen and oxygen atoms in total. The van der Waals surface area contributed by atoms with E-state index in [2.05, 4.69) is 34.7 Å². The molecule has 0 spiro atoms. The van der Waals surface area contributed by atoms with Crippen LogP contribution in [0.1, 0.15) is 24.5 Å². The van der Waals surface area contributed by atoms with Crippen molar-refractivity contribution in [2.45, 2.75) is 31.2 Å². The maximum absolute atomic E-state index is 12.3. The highest BCUT2D eigenvalue weighted by molar-refractivity contribution is 14.0. The molecule has 27 heavy (non-hydrogen) atoms. The Labute approximate surface area is 179 Å². The summed E-state index contributed by atoms with van der Waals surface area (Å²) in [4.78, 5) is 4.57. The molecule has 0 aromatic heterocycles. The van der Waals surface area contributed by atoms with E-state index in [1.54, 1.807) is 31.3 Å². The molecule has 0 saturated carbocycles. The maximum atomic E-state index is 12.3. The lowest BCUT2D eigenvalue weighted by atomic mass is 10.1. The summed E-state index contributed by atoms with van der Waals surface area (Å²) < 4.78 is 24.5. The van der Waals surface area contributed by atoms with Crippen LogP contribution in [0.2, 0.25) is 0 Å². The minimum absolute atomic E-state index is 0. The molecule has 0 fully saturated rings. The Balaban J connectivity index is 0.00000364. The van der Waals surface area contributed by atoms with Gasteiger partial charge in [-0.2, -0.15) is 0 Å². The number of hydrogen-bond donors (Lipinski definition) is 2. The molecule has 0 heterocycles. The van der Waals surface area contributed by atoms with Crippen LogP contribution in [0.15, 0.2) is 64.5 Å². The molecule has 0 atom stereocenters. The van der Waals surface area contributed by atoms with Crippen LogP contribution in [0.25, 0.3) is 0 Å². The second-order valence-electron chi connectivity index (χ2n) is 5.96. The Morgan fingerprint density at radius 3 is 2.22 bits per heavy atom. The van der Waals surface area contributed by atoms with E-state index >= 15 is 0 Å². The quantitative estimate of drug-likeness (QED) is 0.252. The topological polar surface area (TPSA) is 70.6 Å². The molecular formula is C20H28IN3O2S. The molecule has 2 rings (SSSR count). The van der Waals surface area contributed by atoms with Crippen LogP contribution in [0.4, 0.5) is 0 Å². The molecule has 2 N–H and O–H groups in total. The van der Waals surface area contributed by atoms with Crippen molar-refractivity contribution in [2.24, 2.45) is 4.99 Å². The fourth-order valence-electron chi connectivity index (χ4n) is 2.69. The van der Waals surface area contributed by atoms with E-state index < -0.39 is 9.84 Å². The zero-order chi connectivity index (χ0) is 18.8. The zero-order valence-corrected chi connectivity index (χ0v) is 19.0. The summed E-state index contributed by atoms with van der Waals surface area (Å²) in [5.74, 6) is 0.785. The smallest absolute Gasteiger partial charge is 0.191 e. The minimum Gasteiger partial charge on any atom is -0.356 e. The van der Waals surface area contributed by atoms with Gasteiger partial charge in [-0.15, -0.1) is 24.0 Å². The van der Waals surface area contributed by atoms with Crippen LogP contribution in [0.5, 0.6) is 0 Å². The molecule has 0 unspecified atom stereocenters. The van der Waals surface area contributed by atoms with Crippen molar-refractivity contribution >= 4 is 39.8 Å². The van der Waals surface area contributed by atoms with Gasteiger partial charge in [0.2, 0.25) is 0 Å². The van der Waals surface area contributed by atoms with Gasteiger partial charge in [0, 0.05) is 20.1 Å². The highest BCUT2D eigenvalue weighted by Crippen LogP contribution is 2.11. The van der Waals surface area contributed by atoms with E-state index in [4.69, 9.17) is 0 Å². The van der Waals surface area contributed by atoms with E-state index in [0.717, 1.165) is 6.42 Å². The predicted octanol–water partition coefficient (Wildman–Crippen LogP) is 3.40. The highest BCUT2D eigenvalue weighted by atomic mass is 127. The third kappa shape index (κ3) is 7.50. The Morgan fingerprint density at radius 1 is 0.963 bits per heavy atom. The van der Waals surface area contributed by atoms with Gasteiger partial charge >= 0.3 is 0 Å². The van der Waals surface area contributed by atoms with E-state index in [1.165, 1.54) is 11.1 Å². The minimum atomic E-state index is -3.23. The number of nitrogens with one attached hydrogen (secondary N) is 2. The van der Waals surface area contributed by atoms with Gasteiger partial charge in [0.05, 0.1) is 10.6 Å². The molecule has 148 valence electrons. The largest absolute Gasteiger partial charge is 0.356 e. The van der Waals surface area contributed by atoms with Gasteiger partial charge in [0.1, 0.15) is 0 Å². The number of aryl methyl sites for hydroxylation is 1. The fourth-order valence-corrected chi connectivity index (χ4v) is 4.02. The summed E-state index contributed by atoms with van der Waals surface area (Å²) in [6.07, 6.45) is 1.50. The van der Waals surface area contributed by atoms with Crippen molar-refractivity contribution in [1.82, 2.24) is 10.6 Å². The maximum Gasteiger partial charge on any atom is 0.191 e. The van der Waals surface area contributed by atoms with Crippen LogP contribution < -0.4 is 10.6 Å². The summed E-state index contributed by atoms with van der Waals surface area (Å²) in [7, 11) is -1.52. The Kier molecular flexibility index (Phi) is 10.4. The molecule has 0 aliphatic carbocycles. The van der Waals surface area contributed by atoms with Crippen molar-refractivity contribution in [3.8, 4) is 0 Å². The molecule has 0 bridgehead atoms. The van der Waals surface area contributed by atoms with Gasteiger partial charge in [-0.3, -0.25) is 4.99 Å². The normalized spacial score (nSPS) is 11.6. The Morgan fingerprint density at radius 2 is 1.59 bits per heavy atom. The Bertz CT molecular complexity index is 824. The first-order valence-corrected chi connectivity index (χ1v) is 10.5. The third-order valence-corrected chi connectivity index (χ3v) is 5.97. The lowest BCUT2D eigenvalue weighted by Gasteiger charge is -2.14. The first-order valence-electron chi connectivity index (χ1n) is 8.86. The number of nitrogens with zero attached hydrogens (tertiary/aromatic N) is 1. The summed E-state index contributed by atoms with van der Waals surface area (Å²) in [6.45, 7) is 3.37. The average molecular weight is 501 g/mol. The average Bonchev–Trinajstić information content (AvgIpc) is 2.68. The number of halogens is 1. The molecule has 2 aromatic rings. The lowest BCUT2D eigenvalue weighted by molar-refractivity contribution is 0.592. The van der Waals surface area contributed by atoms with Crippen LogP contribution in [-0.4, -0.2) is 33.7 Å². The molecule has 2 aromatic carbocycles. The second-order valence-corrected chi connectivity index (χ2v) is 8.07. The number of hydrogen-bond acceptors (Lipinski definition) is 3. The van der Waals surface area contributed by atoms with Gasteiger partial charge in [-0.25, -0.2) is 8.42 Å². The SMILES string of the molecule is CCc1ccccc1CNC(=NC)NCCCS(=O)(=O)c1ccccc1.I. The van der Waals surface area contributed by atoms with Crippen molar-refractivity contribution in [3.05, 3.63) is 65.7 Å². The zero-order valence-electron chi connectivity index (χ0n) is 15.8. The fraction of sp³-hybridized carbons (Fsp3) is 0.350. The van der Waals surface area contributed by atoms with Gasteiger partial charge in [-0.05, 0) is 36.1 Å². The van der Waals surface area contributed by atoms with Gasteiger partial charge in [-0.1, -0.05) is 49.4 Å². The number of rotatable bonds is 8. The van der Waals surface area contributed by atoms with Gasteiger partial charge in [0.25, 0.3) is 0 Å². The highest BCUT2D eigenvalue weighted by Gasteiger charge is 2.13. The molecule has 0 amide bonds. The number of guanidine groups is 1. The summed E-state index contributed by atoms with van der Waals surface area (Å²) >= 11 is 0. The van der Waals surface area contributed by atoms with Crippen LogP contribution in [0.3, 0.4) is 0 Å². The van der Waals surface area contributed by atoms with Crippen molar-refractivity contribution in [1.29, 1.82) is 0 Å². The van der Waals surface area contributed by atoms with Crippen molar-refractivity contribution < 1.29 is 8.42 Å². The first kappa shape index (κ1) is 23.4. The standard InChI is InChI=1S/C20H27N3O2S.HI/c1-3-17-10-7-8-11-18(17)16-23-20(21-2)22-14-9-15-26(24,25)19-12-5-4-6-13-19;/h4-8,10-13H,3,9,14-16H2,1-2H3,(H2,21,22,23);1H. The van der Waals surface area contributed by atoms with Crippen LogP contribution in [0, 0.1) is 0 Å². The van der Waals surface area contributed by atoms with E-state index in [1.807, 2.05) is 18.2 Å². The van der Waals surface area contributed by atoms with Crippen LogP contribution in [-0.2, 0) is 22.8 Å². The van der Waals surface area contributed by atoms with Gasteiger partial charge < -0.3 is 10.6 Å².